The highest BCUT2D eigenvalue weighted by molar-refractivity contribution is 7.84. The molecule has 0 fully saturated rings. The molecule has 0 aliphatic rings. The number of nitrogens with one attached hydrogen (secondary N) is 1. The lowest BCUT2D eigenvalue weighted by Gasteiger charge is -2.03. The van der Waals surface area contributed by atoms with E-state index >= 15 is 0 Å². The van der Waals surface area contributed by atoms with Gasteiger partial charge >= 0.3 is 0 Å². The lowest BCUT2D eigenvalue weighted by atomic mass is 10.1. The summed E-state index contributed by atoms with van der Waals surface area (Å²) in [5, 5.41) is 3.25. The van der Waals surface area contributed by atoms with Crippen molar-refractivity contribution in [2.45, 2.75) is 13.8 Å². The Kier molecular flexibility index (Phi) is 9.39. The van der Waals surface area contributed by atoms with Crippen molar-refractivity contribution >= 4 is 12.6 Å². The largest absolute Gasteiger partial charge is 0.380 e. The number of benzene rings is 1. The summed E-state index contributed by atoms with van der Waals surface area (Å²) >= 11 is 4.40. The third-order valence-corrected chi connectivity index (χ3v) is 2.98. The zero-order valence-corrected chi connectivity index (χ0v) is 13.6. The van der Waals surface area contributed by atoms with Crippen molar-refractivity contribution in [3.8, 4) is 11.8 Å². The first-order valence-electron chi connectivity index (χ1n) is 7.13. The molecule has 0 radical (unpaired) electrons. The minimum absolute atomic E-state index is 0.732. The molecule has 0 saturated carbocycles. The fraction of sp³-hybridized carbons (Fsp3) is 0.333. The van der Waals surface area contributed by atoms with Crippen LogP contribution in [-0.4, -0.2) is 26.3 Å². The first-order valence-corrected chi connectivity index (χ1v) is 7.58. The third kappa shape index (κ3) is 9.14. The van der Waals surface area contributed by atoms with E-state index in [-0.39, 0.29) is 0 Å². The number of rotatable bonds is 7. The molecule has 0 bridgehead atoms. The van der Waals surface area contributed by atoms with Gasteiger partial charge in [-0.05, 0) is 37.0 Å². The Hall–Kier alpha value is -1.47. The molecule has 0 aromatic heterocycles. The van der Waals surface area contributed by atoms with Crippen LogP contribution in [0.15, 0.2) is 47.4 Å². The van der Waals surface area contributed by atoms with Gasteiger partial charge in [0.2, 0.25) is 0 Å². The van der Waals surface area contributed by atoms with Crippen molar-refractivity contribution in [2.24, 2.45) is 0 Å². The van der Waals surface area contributed by atoms with Gasteiger partial charge in [0.25, 0.3) is 0 Å². The van der Waals surface area contributed by atoms with Gasteiger partial charge in [-0.1, -0.05) is 41.7 Å². The first kappa shape index (κ1) is 17.6. The molecule has 0 spiro atoms. The summed E-state index contributed by atoms with van der Waals surface area (Å²) in [4.78, 5) is 0.972. The molecule has 1 rings (SSSR count). The highest BCUT2D eigenvalue weighted by Crippen LogP contribution is 2.01. The summed E-state index contributed by atoms with van der Waals surface area (Å²) in [5.41, 5.74) is 2.27. The van der Waals surface area contributed by atoms with Crippen LogP contribution in [0.2, 0.25) is 0 Å². The van der Waals surface area contributed by atoms with Crippen molar-refractivity contribution in [1.82, 2.24) is 5.32 Å². The normalized spacial score (nSPS) is 11.5. The molecule has 112 valence electrons. The summed E-state index contributed by atoms with van der Waals surface area (Å²) in [6.07, 6.45) is 5.69. The number of thiol groups is 1. The molecule has 1 aromatic rings. The van der Waals surface area contributed by atoms with Crippen LogP contribution < -0.4 is 5.32 Å². The van der Waals surface area contributed by atoms with E-state index in [4.69, 9.17) is 4.74 Å². The van der Waals surface area contributed by atoms with E-state index in [2.05, 4.69) is 48.8 Å². The fourth-order valence-corrected chi connectivity index (χ4v) is 1.73. The predicted molar refractivity (Wildman–Crippen MR) is 93.6 cm³/mol. The Labute approximate surface area is 133 Å². The maximum absolute atomic E-state index is 5.24. The fourth-order valence-electron chi connectivity index (χ4n) is 1.53. The Morgan fingerprint density at radius 1 is 1.33 bits per heavy atom. The Morgan fingerprint density at radius 3 is 2.81 bits per heavy atom. The van der Waals surface area contributed by atoms with Crippen molar-refractivity contribution in [3.63, 3.8) is 0 Å². The maximum atomic E-state index is 5.24. The van der Waals surface area contributed by atoms with Gasteiger partial charge in [-0.2, -0.15) is 0 Å². The smallest absolute Gasteiger partial charge is 0.0590 e. The summed E-state index contributed by atoms with van der Waals surface area (Å²) in [5.74, 6) is 6.10. The van der Waals surface area contributed by atoms with Crippen LogP contribution in [0.5, 0.6) is 0 Å². The van der Waals surface area contributed by atoms with Gasteiger partial charge in [-0.15, -0.1) is 12.6 Å². The van der Waals surface area contributed by atoms with Crippen molar-refractivity contribution < 1.29 is 4.74 Å². The standard InChI is InChI=1S/C18H23NOS/c1-3-20-14-13-19-15-18(21)8-6-4-5-7-17-11-9-16(2)10-12-17/h4,6,8-12,19,21H,3,13-15H2,1-2H3/b6-4+,18-8-. The number of hydrogen-bond acceptors (Lipinski definition) is 3. The van der Waals surface area contributed by atoms with E-state index in [1.807, 2.05) is 37.3 Å². The lowest BCUT2D eigenvalue weighted by Crippen LogP contribution is -2.21. The first-order chi connectivity index (χ1) is 10.2. The Bertz CT molecular complexity index is 520. The highest BCUT2D eigenvalue weighted by atomic mass is 32.1. The van der Waals surface area contributed by atoms with Crippen LogP contribution in [0, 0.1) is 18.8 Å². The van der Waals surface area contributed by atoms with Crippen molar-refractivity contribution in [2.75, 3.05) is 26.3 Å². The average Bonchev–Trinajstić information content (AvgIpc) is 2.48. The van der Waals surface area contributed by atoms with Crippen LogP contribution in [0.1, 0.15) is 18.1 Å². The molecule has 3 heteroatoms. The van der Waals surface area contributed by atoms with E-state index in [0.29, 0.717) is 0 Å². The quantitative estimate of drug-likeness (QED) is 0.349. The zero-order chi connectivity index (χ0) is 15.3. The third-order valence-electron chi connectivity index (χ3n) is 2.67. The van der Waals surface area contributed by atoms with Gasteiger partial charge in [0.05, 0.1) is 6.61 Å². The van der Waals surface area contributed by atoms with E-state index in [1.165, 1.54) is 5.56 Å². The Morgan fingerprint density at radius 2 is 2.10 bits per heavy atom. The van der Waals surface area contributed by atoms with Gasteiger partial charge < -0.3 is 10.1 Å². The molecule has 0 amide bonds. The van der Waals surface area contributed by atoms with E-state index in [1.54, 1.807) is 0 Å². The molecule has 1 N–H and O–H groups in total. The molecule has 0 unspecified atom stereocenters. The molecule has 21 heavy (non-hydrogen) atoms. The second-order valence-electron chi connectivity index (χ2n) is 4.53. The topological polar surface area (TPSA) is 21.3 Å². The number of hydrogen-bond donors (Lipinski definition) is 2. The minimum Gasteiger partial charge on any atom is -0.380 e. The lowest BCUT2D eigenvalue weighted by molar-refractivity contribution is 0.150. The van der Waals surface area contributed by atoms with Crippen molar-refractivity contribution in [3.05, 3.63) is 58.5 Å². The van der Waals surface area contributed by atoms with Gasteiger partial charge in [-0.25, -0.2) is 0 Å². The average molecular weight is 301 g/mol. The van der Waals surface area contributed by atoms with Crippen LogP contribution >= 0.6 is 12.6 Å². The molecule has 0 aliphatic heterocycles. The van der Waals surface area contributed by atoms with Crippen LogP contribution in [0.3, 0.4) is 0 Å². The molecular formula is C18H23NOS. The number of allylic oxidation sites excluding steroid dienone is 3. The van der Waals surface area contributed by atoms with Crippen LogP contribution in [-0.2, 0) is 4.74 Å². The number of aryl methyl sites for hydroxylation is 1. The second kappa shape index (κ2) is 11.2. The molecule has 1 aromatic carbocycles. The van der Waals surface area contributed by atoms with E-state index in [0.717, 1.165) is 36.8 Å². The summed E-state index contributed by atoms with van der Waals surface area (Å²) < 4.78 is 5.24. The highest BCUT2D eigenvalue weighted by Gasteiger charge is 1.89. The van der Waals surface area contributed by atoms with Gasteiger partial charge in [-0.3, -0.25) is 0 Å². The maximum Gasteiger partial charge on any atom is 0.0590 e. The summed E-state index contributed by atoms with van der Waals surface area (Å²) in [6, 6.07) is 8.18. The zero-order valence-electron chi connectivity index (χ0n) is 12.7. The van der Waals surface area contributed by atoms with Crippen molar-refractivity contribution in [1.29, 1.82) is 0 Å². The van der Waals surface area contributed by atoms with Gasteiger partial charge in [0.1, 0.15) is 0 Å². The summed E-state index contributed by atoms with van der Waals surface area (Å²) in [7, 11) is 0. The molecule has 0 aliphatic carbocycles. The SMILES string of the molecule is CCOCCNC/C(S)=C/C=C/C#Cc1ccc(C)cc1. The van der Waals surface area contributed by atoms with E-state index < -0.39 is 0 Å². The number of ether oxygens (including phenoxy) is 1. The second-order valence-corrected chi connectivity index (χ2v) is 5.10. The molecule has 0 saturated heterocycles. The molecule has 0 heterocycles. The summed E-state index contributed by atoms with van der Waals surface area (Å²) in [6.45, 7) is 7.13. The molecule has 2 nitrogen and oxygen atoms in total. The predicted octanol–water partition coefficient (Wildman–Crippen LogP) is 3.34. The molecule has 0 atom stereocenters. The Balaban J connectivity index is 2.29. The van der Waals surface area contributed by atoms with Gasteiger partial charge in [0.15, 0.2) is 0 Å². The van der Waals surface area contributed by atoms with Gasteiger partial charge in [0, 0.05) is 25.3 Å². The van der Waals surface area contributed by atoms with E-state index in [9.17, 15) is 0 Å². The minimum atomic E-state index is 0.732. The monoisotopic (exact) mass is 301 g/mol. The van der Waals surface area contributed by atoms with Crippen LogP contribution in [0.25, 0.3) is 0 Å². The van der Waals surface area contributed by atoms with Crippen LogP contribution in [0.4, 0.5) is 0 Å². The molecular weight excluding hydrogens is 278 g/mol.